The highest BCUT2D eigenvalue weighted by molar-refractivity contribution is 5.40. The molecule has 5 nitrogen and oxygen atoms in total. The van der Waals surface area contributed by atoms with E-state index in [1.165, 1.54) is 19.4 Å². The van der Waals surface area contributed by atoms with Crippen LogP contribution in [0.3, 0.4) is 0 Å². The van der Waals surface area contributed by atoms with E-state index >= 15 is 0 Å². The number of anilines is 1. The van der Waals surface area contributed by atoms with Crippen molar-refractivity contribution < 1.29 is 5.11 Å². The molecule has 2 heterocycles. The highest BCUT2D eigenvalue weighted by Crippen LogP contribution is 2.31. The van der Waals surface area contributed by atoms with Gasteiger partial charge < -0.3 is 10.0 Å². The third-order valence-corrected chi connectivity index (χ3v) is 4.94. The van der Waals surface area contributed by atoms with Crippen LogP contribution in [0.2, 0.25) is 0 Å². The Bertz CT molecular complexity index is 518. The Kier molecular flexibility index (Phi) is 5.49. The summed E-state index contributed by atoms with van der Waals surface area (Å²) in [6.07, 6.45) is 5.64. The minimum atomic E-state index is 0.267. The predicted molar refractivity (Wildman–Crippen MR) is 92.8 cm³/mol. The SMILES string of the molecule is CCCc1nc(C)cc(N2CCN(CC3CC3)[C@H](CCO)C2)n1. The van der Waals surface area contributed by atoms with E-state index in [1.807, 2.05) is 0 Å². The Hall–Kier alpha value is -1.20. The monoisotopic (exact) mass is 318 g/mol. The molecule has 3 rings (SSSR count). The van der Waals surface area contributed by atoms with E-state index in [2.05, 4.69) is 34.7 Å². The fourth-order valence-corrected chi connectivity index (χ4v) is 3.51. The molecule has 0 radical (unpaired) electrons. The first-order valence-corrected chi connectivity index (χ1v) is 9.14. The van der Waals surface area contributed by atoms with Crippen molar-refractivity contribution in [2.45, 2.75) is 52.0 Å². The van der Waals surface area contributed by atoms with E-state index in [-0.39, 0.29) is 6.61 Å². The van der Waals surface area contributed by atoms with E-state index < -0.39 is 0 Å². The summed E-state index contributed by atoms with van der Waals surface area (Å²) in [6, 6.07) is 2.55. The van der Waals surface area contributed by atoms with Crippen LogP contribution in [-0.4, -0.2) is 58.8 Å². The molecule has 1 aliphatic heterocycles. The van der Waals surface area contributed by atoms with Crippen molar-refractivity contribution in [2.75, 3.05) is 37.7 Å². The third kappa shape index (κ3) is 4.42. The molecule has 1 saturated heterocycles. The van der Waals surface area contributed by atoms with Gasteiger partial charge in [0, 0.05) is 57.0 Å². The van der Waals surface area contributed by atoms with Crippen molar-refractivity contribution in [1.29, 1.82) is 0 Å². The predicted octanol–water partition coefficient (Wildman–Crippen LogP) is 2.02. The zero-order valence-electron chi connectivity index (χ0n) is 14.5. The lowest BCUT2D eigenvalue weighted by molar-refractivity contribution is 0.137. The number of aliphatic hydroxyl groups is 1. The van der Waals surface area contributed by atoms with Gasteiger partial charge in [0.2, 0.25) is 0 Å². The lowest BCUT2D eigenvalue weighted by Gasteiger charge is -2.42. The summed E-state index contributed by atoms with van der Waals surface area (Å²) >= 11 is 0. The zero-order chi connectivity index (χ0) is 16.2. The minimum absolute atomic E-state index is 0.267. The third-order valence-electron chi connectivity index (χ3n) is 4.94. The number of nitrogens with zero attached hydrogens (tertiary/aromatic N) is 4. The lowest BCUT2D eigenvalue weighted by Crippen LogP contribution is -2.54. The molecule has 1 atom stereocenters. The molecule has 0 amide bonds. The fraction of sp³-hybridized carbons (Fsp3) is 0.778. The first-order chi connectivity index (χ1) is 11.2. The van der Waals surface area contributed by atoms with Gasteiger partial charge in [-0.2, -0.15) is 0 Å². The molecular weight excluding hydrogens is 288 g/mol. The number of aryl methyl sites for hydroxylation is 2. The van der Waals surface area contributed by atoms with Gasteiger partial charge in [0.25, 0.3) is 0 Å². The summed E-state index contributed by atoms with van der Waals surface area (Å²) in [4.78, 5) is 14.3. The van der Waals surface area contributed by atoms with E-state index in [9.17, 15) is 5.11 Å². The summed E-state index contributed by atoms with van der Waals surface area (Å²) < 4.78 is 0. The molecule has 128 valence electrons. The van der Waals surface area contributed by atoms with Crippen molar-refractivity contribution in [3.05, 3.63) is 17.6 Å². The largest absolute Gasteiger partial charge is 0.396 e. The molecule has 1 aliphatic carbocycles. The quantitative estimate of drug-likeness (QED) is 0.833. The number of hydrogen-bond donors (Lipinski definition) is 1. The molecule has 2 aliphatic rings. The van der Waals surface area contributed by atoms with Crippen LogP contribution >= 0.6 is 0 Å². The Morgan fingerprint density at radius 3 is 2.78 bits per heavy atom. The molecule has 5 heteroatoms. The minimum Gasteiger partial charge on any atom is -0.396 e. The van der Waals surface area contributed by atoms with Gasteiger partial charge in [-0.05, 0) is 38.5 Å². The van der Waals surface area contributed by atoms with Crippen LogP contribution in [0.25, 0.3) is 0 Å². The maximum Gasteiger partial charge on any atom is 0.132 e. The molecule has 1 saturated carbocycles. The van der Waals surface area contributed by atoms with Gasteiger partial charge in [0.15, 0.2) is 0 Å². The number of aliphatic hydroxyl groups excluding tert-OH is 1. The van der Waals surface area contributed by atoms with E-state index in [0.29, 0.717) is 6.04 Å². The zero-order valence-corrected chi connectivity index (χ0v) is 14.5. The normalized spacial score (nSPS) is 22.6. The molecular formula is C18H30N4O. The lowest BCUT2D eigenvalue weighted by atomic mass is 10.1. The van der Waals surface area contributed by atoms with Gasteiger partial charge in [-0.1, -0.05) is 6.92 Å². The van der Waals surface area contributed by atoms with Crippen molar-refractivity contribution >= 4 is 5.82 Å². The van der Waals surface area contributed by atoms with Gasteiger partial charge in [0.1, 0.15) is 11.6 Å². The average molecular weight is 318 g/mol. The second kappa shape index (κ2) is 7.58. The van der Waals surface area contributed by atoms with Crippen molar-refractivity contribution in [3.63, 3.8) is 0 Å². The highest BCUT2D eigenvalue weighted by atomic mass is 16.3. The first-order valence-electron chi connectivity index (χ1n) is 9.14. The summed E-state index contributed by atoms with van der Waals surface area (Å²) in [5.74, 6) is 2.93. The molecule has 2 fully saturated rings. The molecule has 23 heavy (non-hydrogen) atoms. The summed E-state index contributed by atoms with van der Waals surface area (Å²) in [5, 5.41) is 9.43. The van der Waals surface area contributed by atoms with Crippen LogP contribution < -0.4 is 4.90 Å². The first kappa shape index (κ1) is 16.7. The Balaban J connectivity index is 1.70. The molecule has 0 unspecified atom stereocenters. The summed E-state index contributed by atoms with van der Waals surface area (Å²) in [6.45, 7) is 8.77. The number of rotatable bonds is 7. The molecule has 1 N–H and O–H groups in total. The van der Waals surface area contributed by atoms with E-state index in [4.69, 9.17) is 4.98 Å². The van der Waals surface area contributed by atoms with Crippen molar-refractivity contribution in [2.24, 2.45) is 5.92 Å². The number of piperazine rings is 1. The van der Waals surface area contributed by atoms with Gasteiger partial charge in [-0.3, -0.25) is 4.90 Å². The fourth-order valence-electron chi connectivity index (χ4n) is 3.51. The second-order valence-electron chi connectivity index (χ2n) is 7.08. The maximum atomic E-state index is 9.43. The standard InChI is InChI=1S/C18H30N4O/c1-3-4-17-19-14(2)11-18(20-17)22-9-8-21(12-15-5-6-15)16(13-22)7-10-23/h11,15-16,23H,3-10,12-13H2,1-2H3/t16-/m1/s1. The van der Waals surface area contributed by atoms with Gasteiger partial charge in [-0.25, -0.2) is 9.97 Å². The van der Waals surface area contributed by atoms with E-state index in [1.54, 1.807) is 0 Å². The van der Waals surface area contributed by atoms with E-state index in [0.717, 1.165) is 62.2 Å². The molecule has 1 aromatic heterocycles. The average Bonchev–Trinajstić information content (AvgIpc) is 3.33. The Morgan fingerprint density at radius 1 is 1.26 bits per heavy atom. The maximum absolute atomic E-state index is 9.43. The Morgan fingerprint density at radius 2 is 2.09 bits per heavy atom. The molecule has 1 aromatic rings. The summed E-state index contributed by atoms with van der Waals surface area (Å²) in [7, 11) is 0. The molecule has 0 aromatic carbocycles. The molecule has 0 spiro atoms. The number of hydrogen-bond acceptors (Lipinski definition) is 5. The van der Waals surface area contributed by atoms with Crippen LogP contribution in [0, 0.1) is 12.8 Å². The summed E-state index contributed by atoms with van der Waals surface area (Å²) in [5.41, 5.74) is 1.05. The second-order valence-corrected chi connectivity index (χ2v) is 7.08. The Labute approximate surface area is 139 Å². The van der Waals surface area contributed by atoms with Gasteiger partial charge in [0.05, 0.1) is 0 Å². The van der Waals surface area contributed by atoms with Crippen LogP contribution in [0.15, 0.2) is 6.07 Å². The van der Waals surface area contributed by atoms with Gasteiger partial charge in [-0.15, -0.1) is 0 Å². The van der Waals surface area contributed by atoms with Crippen molar-refractivity contribution in [1.82, 2.24) is 14.9 Å². The number of aromatic nitrogens is 2. The van der Waals surface area contributed by atoms with Gasteiger partial charge >= 0.3 is 0 Å². The van der Waals surface area contributed by atoms with Crippen LogP contribution in [-0.2, 0) is 6.42 Å². The van der Waals surface area contributed by atoms with Crippen LogP contribution in [0.5, 0.6) is 0 Å². The smallest absolute Gasteiger partial charge is 0.132 e. The topological polar surface area (TPSA) is 52.5 Å². The molecule has 0 bridgehead atoms. The van der Waals surface area contributed by atoms with Crippen molar-refractivity contribution in [3.8, 4) is 0 Å². The van der Waals surface area contributed by atoms with Crippen LogP contribution in [0.4, 0.5) is 5.82 Å². The van der Waals surface area contributed by atoms with Crippen LogP contribution in [0.1, 0.15) is 44.1 Å². The highest BCUT2D eigenvalue weighted by Gasteiger charge is 2.32.